The molecule has 0 spiro atoms. The minimum atomic E-state index is -0.316. The van der Waals surface area contributed by atoms with Gasteiger partial charge in [-0.25, -0.2) is 0 Å². The van der Waals surface area contributed by atoms with Gasteiger partial charge in [-0.2, -0.15) is 0 Å². The van der Waals surface area contributed by atoms with E-state index in [0.717, 1.165) is 23.7 Å². The minimum Gasteiger partial charge on any atom is -0.392 e. The van der Waals surface area contributed by atoms with Crippen LogP contribution in [0.4, 0.5) is 5.00 Å². The second-order valence-corrected chi connectivity index (χ2v) is 4.78. The molecule has 0 radical (unpaired) electrons. The molecule has 1 aromatic rings. The summed E-state index contributed by atoms with van der Waals surface area (Å²) in [4.78, 5) is 2.04. The lowest BCUT2D eigenvalue weighted by Crippen LogP contribution is -2.27. The Morgan fingerprint density at radius 3 is 2.94 bits per heavy atom. The molecule has 6 heteroatoms. The summed E-state index contributed by atoms with van der Waals surface area (Å²) in [6.07, 6.45) is 0.768. The molecule has 0 aliphatic rings. The fourth-order valence-corrected chi connectivity index (χ4v) is 2.05. The number of hydrogen-bond donors (Lipinski definition) is 2. The quantitative estimate of drug-likeness (QED) is 0.754. The number of rotatable bonds is 7. The van der Waals surface area contributed by atoms with Crippen molar-refractivity contribution in [3.8, 4) is 0 Å². The van der Waals surface area contributed by atoms with E-state index in [1.165, 1.54) is 11.5 Å². The predicted molar refractivity (Wildman–Crippen MR) is 66.7 cm³/mol. The summed E-state index contributed by atoms with van der Waals surface area (Å²) in [5.74, 6) is 0. The van der Waals surface area contributed by atoms with Gasteiger partial charge in [0.2, 0.25) is 0 Å². The largest absolute Gasteiger partial charge is 0.392 e. The molecule has 0 aliphatic heterocycles. The van der Waals surface area contributed by atoms with Crippen LogP contribution >= 0.6 is 11.5 Å². The topological polar surface area (TPSA) is 61.3 Å². The van der Waals surface area contributed by atoms with Gasteiger partial charge in [-0.1, -0.05) is 11.4 Å². The van der Waals surface area contributed by atoms with Crippen molar-refractivity contribution in [2.45, 2.75) is 32.9 Å². The van der Waals surface area contributed by atoms with E-state index in [9.17, 15) is 5.11 Å². The zero-order valence-electron chi connectivity index (χ0n) is 10.1. The molecule has 0 aromatic carbocycles. The predicted octanol–water partition coefficient (Wildman–Crippen LogP) is 1.17. The number of nitrogens with one attached hydrogen (secondary N) is 1. The number of anilines is 1. The summed E-state index contributed by atoms with van der Waals surface area (Å²) >= 11 is 1.39. The normalized spacial score (nSPS) is 13.1. The van der Waals surface area contributed by atoms with E-state index in [0.29, 0.717) is 13.1 Å². The Balaban J connectivity index is 2.49. The summed E-state index contributed by atoms with van der Waals surface area (Å²) in [6.45, 7) is 6.21. The Bertz CT molecular complexity index is 303. The number of nitrogens with zero attached hydrogens (tertiary/aromatic N) is 3. The van der Waals surface area contributed by atoms with Gasteiger partial charge < -0.3 is 10.4 Å². The molecule has 1 heterocycles. The van der Waals surface area contributed by atoms with Crippen molar-refractivity contribution < 1.29 is 5.11 Å². The van der Waals surface area contributed by atoms with Crippen LogP contribution in [0.1, 0.15) is 26.0 Å². The van der Waals surface area contributed by atoms with Crippen molar-refractivity contribution in [2.24, 2.45) is 0 Å². The maximum Gasteiger partial charge on any atom is 0.134 e. The van der Waals surface area contributed by atoms with E-state index >= 15 is 0 Å². The van der Waals surface area contributed by atoms with E-state index in [1.807, 2.05) is 11.9 Å². The van der Waals surface area contributed by atoms with Gasteiger partial charge in [-0.05, 0) is 20.4 Å². The highest BCUT2D eigenvalue weighted by atomic mass is 32.1. The molecule has 2 N–H and O–H groups in total. The van der Waals surface area contributed by atoms with Gasteiger partial charge in [0, 0.05) is 31.2 Å². The molecule has 0 saturated heterocycles. The Hall–Kier alpha value is -0.720. The zero-order chi connectivity index (χ0) is 12.0. The van der Waals surface area contributed by atoms with Crippen LogP contribution in [0.2, 0.25) is 0 Å². The number of hydrogen-bond acceptors (Lipinski definition) is 6. The smallest absolute Gasteiger partial charge is 0.134 e. The molecular weight excluding hydrogens is 224 g/mol. The number of likely N-dealkylation sites (N-methyl/N-ethyl adjacent to an activating group) is 1. The van der Waals surface area contributed by atoms with Crippen LogP contribution in [0.25, 0.3) is 0 Å². The van der Waals surface area contributed by atoms with Crippen molar-refractivity contribution in [1.82, 2.24) is 14.5 Å². The van der Waals surface area contributed by atoms with E-state index < -0.39 is 0 Å². The molecule has 1 rings (SSSR count). The van der Waals surface area contributed by atoms with Crippen LogP contribution in [0.15, 0.2) is 0 Å². The lowest BCUT2D eigenvalue weighted by molar-refractivity contribution is 0.138. The highest BCUT2D eigenvalue weighted by Gasteiger charge is 2.11. The molecule has 92 valence electrons. The van der Waals surface area contributed by atoms with Crippen molar-refractivity contribution in [1.29, 1.82) is 0 Å². The minimum absolute atomic E-state index is 0.316. The molecule has 1 aromatic heterocycles. The lowest BCUT2D eigenvalue weighted by Gasteiger charge is -2.17. The zero-order valence-corrected chi connectivity index (χ0v) is 10.9. The summed E-state index contributed by atoms with van der Waals surface area (Å²) in [5.41, 5.74) is 0.960. The van der Waals surface area contributed by atoms with Crippen LogP contribution in [0.5, 0.6) is 0 Å². The van der Waals surface area contributed by atoms with Gasteiger partial charge in [0.1, 0.15) is 10.7 Å². The maximum absolute atomic E-state index is 9.27. The van der Waals surface area contributed by atoms with E-state index in [4.69, 9.17) is 0 Å². The molecule has 5 nitrogen and oxygen atoms in total. The van der Waals surface area contributed by atoms with E-state index in [1.54, 1.807) is 6.92 Å². The molecule has 16 heavy (non-hydrogen) atoms. The van der Waals surface area contributed by atoms with Crippen molar-refractivity contribution >= 4 is 16.5 Å². The second-order valence-electron chi connectivity index (χ2n) is 4.02. The summed E-state index contributed by atoms with van der Waals surface area (Å²) in [7, 11) is 1.97. The third-order valence-corrected chi connectivity index (χ3v) is 2.81. The van der Waals surface area contributed by atoms with Gasteiger partial charge in [-0.15, -0.1) is 5.10 Å². The van der Waals surface area contributed by atoms with Crippen LogP contribution in [0, 0.1) is 0 Å². The molecule has 1 unspecified atom stereocenters. The average Bonchev–Trinajstić information content (AvgIpc) is 2.61. The van der Waals surface area contributed by atoms with Crippen LogP contribution in [-0.2, 0) is 6.54 Å². The first-order valence-corrected chi connectivity index (χ1v) is 6.32. The SMILES string of the molecule is CCCNc1snnc1CN(C)CC(C)O. The third-order valence-electron chi connectivity index (χ3n) is 2.09. The molecule has 0 bridgehead atoms. The van der Waals surface area contributed by atoms with Crippen molar-refractivity contribution in [3.05, 3.63) is 5.69 Å². The van der Waals surface area contributed by atoms with Gasteiger partial charge >= 0.3 is 0 Å². The van der Waals surface area contributed by atoms with E-state index in [2.05, 4.69) is 21.8 Å². The highest BCUT2D eigenvalue weighted by molar-refractivity contribution is 7.10. The van der Waals surface area contributed by atoms with Crippen LogP contribution in [0.3, 0.4) is 0 Å². The molecule has 1 atom stereocenters. The first-order chi connectivity index (χ1) is 7.63. The molecular formula is C10H20N4OS. The molecule has 0 amide bonds. The van der Waals surface area contributed by atoms with Crippen LogP contribution < -0.4 is 5.32 Å². The first kappa shape index (κ1) is 13.3. The van der Waals surface area contributed by atoms with Crippen molar-refractivity contribution in [2.75, 3.05) is 25.5 Å². The second kappa shape index (κ2) is 6.78. The summed E-state index contributed by atoms with van der Waals surface area (Å²) < 4.78 is 3.95. The third kappa shape index (κ3) is 4.42. The lowest BCUT2D eigenvalue weighted by atomic mass is 10.3. The fourth-order valence-electron chi connectivity index (χ4n) is 1.46. The van der Waals surface area contributed by atoms with Gasteiger partial charge in [-0.3, -0.25) is 4.90 Å². The first-order valence-electron chi connectivity index (χ1n) is 5.55. The Morgan fingerprint density at radius 1 is 1.56 bits per heavy atom. The van der Waals surface area contributed by atoms with E-state index in [-0.39, 0.29) is 6.10 Å². The summed E-state index contributed by atoms with van der Waals surface area (Å²) in [6, 6.07) is 0. The highest BCUT2D eigenvalue weighted by Crippen LogP contribution is 2.18. The maximum atomic E-state index is 9.27. The number of aliphatic hydroxyl groups excluding tert-OH is 1. The fraction of sp³-hybridized carbons (Fsp3) is 0.800. The standard InChI is InChI=1S/C10H20N4OS/c1-4-5-11-10-9(12-13-16-10)7-14(3)6-8(2)15/h8,11,15H,4-7H2,1-3H3. The molecule has 0 aliphatic carbocycles. The van der Waals surface area contributed by atoms with Gasteiger partial charge in [0.15, 0.2) is 0 Å². The molecule has 0 fully saturated rings. The Morgan fingerprint density at radius 2 is 2.31 bits per heavy atom. The van der Waals surface area contributed by atoms with Gasteiger partial charge in [0.05, 0.1) is 6.10 Å². The Labute approximate surface area is 101 Å². The number of aliphatic hydroxyl groups is 1. The monoisotopic (exact) mass is 244 g/mol. The summed E-state index contributed by atoms with van der Waals surface area (Å²) in [5, 5.41) is 17.7. The van der Waals surface area contributed by atoms with Gasteiger partial charge in [0.25, 0.3) is 0 Å². The number of aromatic nitrogens is 2. The average molecular weight is 244 g/mol. The molecule has 0 saturated carbocycles. The Kier molecular flexibility index (Phi) is 5.65. The van der Waals surface area contributed by atoms with Crippen LogP contribution in [-0.4, -0.2) is 45.8 Å². The van der Waals surface area contributed by atoms with Crippen molar-refractivity contribution in [3.63, 3.8) is 0 Å².